The molecule has 1 saturated heterocycles. The molecule has 128 valence electrons. The molecule has 6 heteroatoms. The highest BCUT2D eigenvalue weighted by Crippen LogP contribution is 2.12. The molecule has 1 unspecified atom stereocenters. The molecule has 1 aliphatic heterocycles. The third-order valence-corrected chi connectivity index (χ3v) is 4.25. The summed E-state index contributed by atoms with van der Waals surface area (Å²) in [6.07, 6.45) is -0.638. The summed E-state index contributed by atoms with van der Waals surface area (Å²) in [5.74, 6) is -0.921. The van der Waals surface area contributed by atoms with Gasteiger partial charge in [-0.3, -0.25) is 9.69 Å². The van der Waals surface area contributed by atoms with Gasteiger partial charge in [0.1, 0.15) is 5.82 Å². The standard InChI is InChI=1S/C17H26FN3O2/c1-13-4-5-15(16(18)10-13)17(23)20(3)11-14(22)12-21-8-6-19(2)7-9-21/h4-5,10,14,22H,6-9,11-12H2,1-3H3. The molecular formula is C17H26FN3O2. The predicted molar refractivity (Wildman–Crippen MR) is 88.0 cm³/mol. The van der Waals surface area contributed by atoms with E-state index in [4.69, 9.17) is 0 Å². The third-order valence-electron chi connectivity index (χ3n) is 4.25. The van der Waals surface area contributed by atoms with E-state index in [0.717, 1.165) is 31.7 Å². The fourth-order valence-corrected chi connectivity index (χ4v) is 2.78. The largest absolute Gasteiger partial charge is 0.390 e. The number of aliphatic hydroxyl groups is 1. The van der Waals surface area contributed by atoms with E-state index in [0.29, 0.717) is 6.54 Å². The molecule has 5 nitrogen and oxygen atoms in total. The highest BCUT2D eigenvalue weighted by molar-refractivity contribution is 5.94. The smallest absolute Gasteiger partial charge is 0.256 e. The van der Waals surface area contributed by atoms with Crippen molar-refractivity contribution in [2.24, 2.45) is 0 Å². The number of rotatable bonds is 5. The maximum absolute atomic E-state index is 13.9. The fraction of sp³-hybridized carbons (Fsp3) is 0.588. The summed E-state index contributed by atoms with van der Waals surface area (Å²) in [6, 6.07) is 4.56. The van der Waals surface area contributed by atoms with Crippen LogP contribution in [0.1, 0.15) is 15.9 Å². The molecule has 0 aliphatic carbocycles. The van der Waals surface area contributed by atoms with Crippen molar-refractivity contribution in [3.05, 3.63) is 35.1 Å². The van der Waals surface area contributed by atoms with Crippen LogP contribution in [0, 0.1) is 12.7 Å². The van der Waals surface area contributed by atoms with Gasteiger partial charge in [-0.2, -0.15) is 0 Å². The van der Waals surface area contributed by atoms with Crippen LogP contribution in [-0.2, 0) is 0 Å². The fourth-order valence-electron chi connectivity index (χ4n) is 2.78. The van der Waals surface area contributed by atoms with Crippen molar-refractivity contribution in [2.45, 2.75) is 13.0 Å². The normalized spacial score (nSPS) is 18.0. The molecule has 23 heavy (non-hydrogen) atoms. The molecule has 1 aromatic carbocycles. The van der Waals surface area contributed by atoms with Crippen LogP contribution >= 0.6 is 0 Å². The van der Waals surface area contributed by atoms with Crippen LogP contribution < -0.4 is 0 Å². The topological polar surface area (TPSA) is 47.0 Å². The first kappa shape index (κ1) is 17.8. The molecule has 1 aromatic rings. The minimum Gasteiger partial charge on any atom is -0.390 e. The number of hydrogen-bond donors (Lipinski definition) is 1. The Kier molecular flexibility index (Phi) is 6.10. The summed E-state index contributed by atoms with van der Waals surface area (Å²) in [5.41, 5.74) is 0.821. The van der Waals surface area contributed by atoms with Crippen LogP contribution in [0.2, 0.25) is 0 Å². The number of amides is 1. The second kappa shape index (κ2) is 7.86. The Hall–Kier alpha value is -1.50. The van der Waals surface area contributed by atoms with Gasteiger partial charge in [-0.25, -0.2) is 4.39 Å². The van der Waals surface area contributed by atoms with Crippen LogP contribution in [0.25, 0.3) is 0 Å². The molecule has 0 spiro atoms. The van der Waals surface area contributed by atoms with Crippen molar-refractivity contribution >= 4 is 5.91 Å². The first-order chi connectivity index (χ1) is 10.9. The first-order valence-corrected chi connectivity index (χ1v) is 7.97. The maximum atomic E-state index is 13.9. The summed E-state index contributed by atoms with van der Waals surface area (Å²) in [5, 5.41) is 10.2. The van der Waals surface area contributed by atoms with Gasteiger partial charge in [-0.05, 0) is 31.7 Å². The van der Waals surface area contributed by atoms with Gasteiger partial charge >= 0.3 is 0 Å². The number of hydrogen-bond acceptors (Lipinski definition) is 4. The van der Waals surface area contributed by atoms with Crippen molar-refractivity contribution in [1.29, 1.82) is 0 Å². The van der Waals surface area contributed by atoms with Gasteiger partial charge in [-0.1, -0.05) is 6.07 Å². The van der Waals surface area contributed by atoms with Crippen molar-refractivity contribution in [2.75, 3.05) is 53.4 Å². The second-order valence-corrected chi connectivity index (χ2v) is 6.43. The molecule has 1 atom stereocenters. The Balaban J connectivity index is 1.87. The van der Waals surface area contributed by atoms with Crippen LogP contribution in [0.5, 0.6) is 0 Å². The number of aliphatic hydroxyl groups excluding tert-OH is 1. The summed E-state index contributed by atoms with van der Waals surface area (Å²) in [4.78, 5) is 18.1. The van der Waals surface area contributed by atoms with Crippen LogP contribution in [0.15, 0.2) is 18.2 Å². The number of carbonyl (C=O) groups excluding carboxylic acids is 1. The molecule has 0 bridgehead atoms. The average Bonchev–Trinajstić information content (AvgIpc) is 2.49. The molecule has 0 radical (unpaired) electrons. The lowest BCUT2D eigenvalue weighted by Gasteiger charge is -2.34. The van der Waals surface area contributed by atoms with Crippen molar-refractivity contribution < 1.29 is 14.3 Å². The van der Waals surface area contributed by atoms with Gasteiger partial charge in [-0.15, -0.1) is 0 Å². The molecule has 1 aliphatic rings. The number of aryl methyl sites for hydroxylation is 1. The first-order valence-electron chi connectivity index (χ1n) is 7.97. The minimum atomic E-state index is -0.638. The lowest BCUT2D eigenvalue weighted by atomic mass is 10.1. The Morgan fingerprint density at radius 1 is 1.35 bits per heavy atom. The van der Waals surface area contributed by atoms with E-state index in [2.05, 4.69) is 16.8 Å². The third kappa shape index (κ3) is 4.99. The van der Waals surface area contributed by atoms with Crippen molar-refractivity contribution in [3.63, 3.8) is 0 Å². The van der Waals surface area contributed by atoms with Crippen molar-refractivity contribution in [1.82, 2.24) is 14.7 Å². The maximum Gasteiger partial charge on any atom is 0.256 e. The van der Waals surface area contributed by atoms with Gasteiger partial charge < -0.3 is 14.9 Å². The van der Waals surface area contributed by atoms with E-state index in [1.165, 1.54) is 17.0 Å². The number of likely N-dealkylation sites (N-methyl/N-ethyl adjacent to an activating group) is 2. The summed E-state index contributed by atoms with van der Waals surface area (Å²) in [6.45, 7) is 6.29. The lowest BCUT2D eigenvalue weighted by Crippen LogP contribution is -2.49. The molecule has 0 saturated carbocycles. The van der Waals surface area contributed by atoms with Crippen molar-refractivity contribution in [3.8, 4) is 0 Å². The zero-order valence-corrected chi connectivity index (χ0v) is 14.1. The van der Waals surface area contributed by atoms with E-state index >= 15 is 0 Å². The van der Waals surface area contributed by atoms with Crippen LogP contribution in [-0.4, -0.2) is 85.2 Å². The van der Waals surface area contributed by atoms with E-state index in [1.807, 2.05) is 0 Å². The Morgan fingerprint density at radius 3 is 2.61 bits per heavy atom. The van der Waals surface area contributed by atoms with E-state index in [-0.39, 0.29) is 12.1 Å². The molecule has 1 heterocycles. The van der Waals surface area contributed by atoms with Gasteiger partial charge in [0.25, 0.3) is 5.91 Å². The lowest BCUT2D eigenvalue weighted by molar-refractivity contribution is 0.0499. The summed E-state index contributed by atoms with van der Waals surface area (Å²) in [7, 11) is 3.67. The van der Waals surface area contributed by atoms with Gasteiger partial charge in [0.05, 0.1) is 11.7 Å². The quantitative estimate of drug-likeness (QED) is 0.871. The number of halogens is 1. The summed E-state index contributed by atoms with van der Waals surface area (Å²) < 4.78 is 13.9. The van der Waals surface area contributed by atoms with E-state index in [9.17, 15) is 14.3 Å². The summed E-state index contributed by atoms with van der Waals surface area (Å²) >= 11 is 0. The van der Waals surface area contributed by atoms with Gasteiger partial charge in [0.2, 0.25) is 0 Å². The molecular weight excluding hydrogens is 297 g/mol. The molecule has 2 rings (SSSR count). The number of benzene rings is 1. The SMILES string of the molecule is Cc1ccc(C(=O)N(C)CC(O)CN2CCN(C)CC2)c(F)c1. The number of piperazine rings is 1. The second-order valence-electron chi connectivity index (χ2n) is 6.43. The van der Waals surface area contributed by atoms with E-state index in [1.54, 1.807) is 20.0 Å². The Morgan fingerprint density at radius 2 is 2.00 bits per heavy atom. The molecule has 1 amide bonds. The Labute approximate surface area is 137 Å². The minimum absolute atomic E-state index is 0.0462. The number of β-amino-alcohol motifs (C(OH)–C–C–N with tert-alkyl or cyclic N) is 1. The highest BCUT2D eigenvalue weighted by Gasteiger charge is 2.21. The number of carbonyl (C=O) groups is 1. The van der Waals surface area contributed by atoms with Gasteiger partial charge in [0, 0.05) is 46.3 Å². The zero-order valence-electron chi connectivity index (χ0n) is 14.1. The molecule has 1 fully saturated rings. The monoisotopic (exact) mass is 323 g/mol. The number of nitrogens with zero attached hydrogens (tertiary/aromatic N) is 3. The predicted octanol–water partition coefficient (Wildman–Crippen LogP) is 0.814. The molecule has 0 aromatic heterocycles. The highest BCUT2D eigenvalue weighted by atomic mass is 19.1. The van der Waals surface area contributed by atoms with Crippen LogP contribution in [0.3, 0.4) is 0 Å². The average molecular weight is 323 g/mol. The van der Waals surface area contributed by atoms with E-state index < -0.39 is 17.8 Å². The molecule has 1 N–H and O–H groups in total. The van der Waals surface area contributed by atoms with Crippen LogP contribution in [0.4, 0.5) is 4.39 Å². The zero-order chi connectivity index (χ0) is 17.0. The Bertz CT molecular complexity index is 545. The van der Waals surface area contributed by atoms with Gasteiger partial charge in [0.15, 0.2) is 0 Å².